The molecule has 1 aromatic rings. The summed E-state index contributed by atoms with van der Waals surface area (Å²) >= 11 is 0. The van der Waals surface area contributed by atoms with Gasteiger partial charge in [0.1, 0.15) is 0 Å². The summed E-state index contributed by atoms with van der Waals surface area (Å²) in [5, 5.41) is 24.2. The molecule has 2 aliphatic heterocycles. The first-order chi connectivity index (χ1) is 12.4. The van der Waals surface area contributed by atoms with Gasteiger partial charge in [-0.15, -0.1) is 0 Å². The Hall–Kier alpha value is -1.67. The van der Waals surface area contributed by atoms with Gasteiger partial charge in [-0.1, -0.05) is 19.1 Å². The SMILES string of the molecule is CCCNC(=O)c1cccc(C2=C(C(=O)[O-])N3C(=O)[C@H]([C@@H](C)O)[C@H]3C2)c1.[Na+]. The van der Waals surface area contributed by atoms with E-state index in [0.717, 1.165) is 6.42 Å². The van der Waals surface area contributed by atoms with Gasteiger partial charge in [0, 0.05) is 12.1 Å². The average molecular weight is 380 g/mol. The van der Waals surface area contributed by atoms with Gasteiger partial charge in [-0.25, -0.2) is 0 Å². The Morgan fingerprint density at radius 2 is 2.11 bits per heavy atom. The summed E-state index contributed by atoms with van der Waals surface area (Å²) in [6, 6.07) is 6.28. The predicted octanol–water partition coefficient (Wildman–Crippen LogP) is -3.10. The van der Waals surface area contributed by atoms with Crippen molar-refractivity contribution in [3.8, 4) is 0 Å². The van der Waals surface area contributed by atoms with Crippen LogP contribution in [0.1, 0.15) is 42.6 Å². The first-order valence-corrected chi connectivity index (χ1v) is 8.71. The van der Waals surface area contributed by atoms with Gasteiger partial charge in [0.05, 0.1) is 29.7 Å². The van der Waals surface area contributed by atoms with E-state index in [4.69, 9.17) is 0 Å². The van der Waals surface area contributed by atoms with Crippen molar-refractivity contribution in [2.45, 2.75) is 38.8 Å². The van der Waals surface area contributed by atoms with Gasteiger partial charge < -0.3 is 25.2 Å². The molecule has 0 saturated carbocycles. The molecule has 27 heavy (non-hydrogen) atoms. The summed E-state index contributed by atoms with van der Waals surface area (Å²) in [4.78, 5) is 37.3. The van der Waals surface area contributed by atoms with E-state index in [2.05, 4.69) is 5.32 Å². The minimum Gasteiger partial charge on any atom is -0.543 e. The number of benzene rings is 1. The number of aliphatic hydroxyl groups excluding tert-OH is 1. The topological polar surface area (TPSA) is 110 Å². The molecule has 3 atom stereocenters. The van der Waals surface area contributed by atoms with Crippen LogP contribution in [-0.4, -0.2) is 46.5 Å². The molecule has 0 radical (unpaired) electrons. The smallest absolute Gasteiger partial charge is 0.543 e. The number of nitrogens with one attached hydrogen (secondary N) is 1. The number of carboxylic acid groups (broad SMARTS) is 1. The van der Waals surface area contributed by atoms with Gasteiger partial charge in [-0.2, -0.15) is 0 Å². The third-order valence-electron chi connectivity index (χ3n) is 4.93. The van der Waals surface area contributed by atoms with E-state index < -0.39 is 23.9 Å². The van der Waals surface area contributed by atoms with Gasteiger partial charge in [0.15, 0.2) is 0 Å². The zero-order valence-electron chi connectivity index (χ0n) is 15.7. The Morgan fingerprint density at radius 3 is 2.70 bits per heavy atom. The van der Waals surface area contributed by atoms with Crippen molar-refractivity contribution in [3.05, 3.63) is 41.1 Å². The van der Waals surface area contributed by atoms with Gasteiger partial charge in [-0.3, -0.25) is 9.59 Å². The molecule has 0 aromatic heterocycles. The molecule has 2 heterocycles. The van der Waals surface area contributed by atoms with Crippen LogP contribution >= 0.6 is 0 Å². The van der Waals surface area contributed by atoms with Crippen molar-refractivity contribution in [2.24, 2.45) is 5.92 Å². The normalized spacial score (nSPS) is 21.9. The molecule has 3 rings (SSSR count). The Bertz CT molecular complexity index is 805. The Kier molecular flexibility index (Phi) is 6.86. The molecular formula is C19H21N2NaO5. The van der Waals surface area contributed by atoms with Gasteiger partial charge in [0.25, 0.3) is 5.91 Å². The summed E-state index contributed by atoms with van der Waals surface area (Å²) in [7, 11) is 0. The monoisotopic (exact) mass is 380 g/mol. The van der Waals surface area contributed by atoms with E-state index in [1.807, 2.05) is 6.92 Å². The Balaban J connectivity index is 0.00000261. The van der Waals surface area contributed by atoms with Crippen LogP contribution in [0, 0.1) is 5.92 Å². The summed E-state index contributed by atoms with van der Waals surface area (Å²) in [5.74, 6) is -2.68. The minimum atomic E-state index is -1.43. The number of carbonyl (C=O) groups is 3. The Labute approximate surface area is 179 Å². The van der Waals surface area contributed by atoms with Gasteiger partial charge in [-0.05, 0) is 43.0 Å². The number of amides is 2. The number of fused-ring (bicyclic) bond motifs is 1. The molecule has 8 heteroatoms. The maximum Gasteiger partial charge on any atom is 1.00 e. The third kappa shape index (κ3) is 3.82. The van der Waals surface area contributed by atoms with Crippen LogP contribution in [0.25, 0.3) is 5.57 Å². The van der Waals surface area contributed by atoms with E-state index in [9.17, 15) is 24.6 Å². The van der Waals surface area contributed by atoms with Crippen molar-refractivity contribution >= 4 is 23.4 Å². The number of carboxylic acids is 1. The summed E-state index contributed by atoms with van der Waals surface area (Å²) in [5.41, 5.74) is 1.29. The first kappa shape index (κ1) is 21.6. The molecule has 2 N–H and O–H groups in total. The van der Waals surface area contributed by atoms with Crippen LogP contribution in [0.4, 0.5) is 0 Å². The number of carbonyl (C=O) groups excluding carboxylic acids is 3. The number of nitrogens with zero attached hydrogens (tertiary/aromatic N) is 1. The number of hydrogen-bond acceptors (Lipinski definition) is 5. The quantitative estimate of drug-likeness (QED) is 0.401. The zero-order chi connectivity index (χ0) is 19.0. The number of aliphatic hydroxyl groups is 1. The summed E-state index contributed by atoms with van der Waals surface area (Å²) < 4.78 is 0. The maximum atomic E-state index is 12.2. The van der Waals surface area contributed by atoms with E-state index in [-0.39, 0.29) is 47.2 Å². The van der Waals surface area contributed by atoms with Crippen LogP contribution < -0.4 is 40.0 Å². The molecule has 0 aliphatic carbocycles. The standard InChI is InChI=1S/C19H22N2O5.Na/c1-3-7-20-17(23)12-6-4-5-11(8-12)13-9-14-15(10(2)22)18(24)21(14)16(13)19(25)26;/h4-6,8,10,14-15,22H,3,7,9H2,1-2H3,(H,20,23)(H,25,26);/q;+1/p-1/t10-,14-,15-;/m1./s1. The molecule has 138 valence electrons. The number of hydrogen-bond donors (Lipinski definition) is 2. The molecule has 0 unspecified atom stereocenters. The number of rotatable bonds is 6. The molecule has 0 spiro atoms. The van der Waals surface area contributed by atoms with Gasteiger partial charge in [0.2, 0.25) is 5.91 Å². The zero-order valence-corrected chi connectivity index (χ0v) is 17.7. The fraction of sp³-hybridized carbons (Fsp3) is 0.421. The van der Waals surface area contributed by atoms with Crippen LogP contribution in [0.2, 0.25) is 0 Å². The summed E-state index contributed by atoms with van der Waals surface area (Å²) in [6.07, 6.45) is 0.271. The summed E-state index contributed by atoms with van der Waals surface area (Å²) in [6.45, 7) is 4.03. The minimum absolute atomic E-state index is 0. The fourth-order valence-corrected chi connectivity index (χ4v) is 3.71. The largest absolute Gasteiger partial charge is 1.00 e. The van der Waals surface area contributed by atoms with Crippen molar-refractivity contribution in [3.63, 3.8) is 0 Å². The second-order valence-corrected chi connectivity index (χ2v) is 6.70. The molecule has 0 bridgehead atoms. The molecular weight excluding hydrogens is 359 g/mol. The van der Waals surface area contributed by atoms with E-state index in [1.165, 1.54) is 11.8 Å². The molecule has 2 amide bonds. The number of aliphatic carboxylic acids is 1. The van der Waals surface area contributed by atoms with Crippen LogP contribution in [0.3, 0.4) is 0 Å². The van der Waals surface area contributed by atoms with Crippen molar-refractivity contribution in [2.75, 3.05) is 6.54 Å². The molecule has 2 aliphatic rings. The Morgan fingerprint density at radius 1 is 1.41 bits per heavy atom. The molecule has 7 nitrogen and oxygen atoms in total. The second kappa shape index (κ2) is 8.56. The predicted molar refractivity (Wildman–Crippen MR) is 91.4 cm³/mol. The maximum absolute atomic E-state index is 12.2. The van der Waals surface area contributed by atoms with E-state index in [0.29, 0.717) is 29.7 Å². The van der Waals surface area contributed by atoms with Crippen LogP contribution in [0.5, 0.6) is 0 Å². The first-order valence-electron chi connectivity index (χ1n) is 8.71. The van der Waals surface area contributed by atoms with Crippen molar-refractivity contribution in [1.29, 1.82) is 0 Å². The van der Waals surface area contributed by atoms with Crippen LogP contribution in [0.15, 0.2) is 30.0 Å². The molecule has 1 fully saturated rings. The van der Waals surface area contributed by atoms with Crippen molar-refractivity contribution < 1.29 is 54.2 Å². The fourth-order valence-electron chi connectivity index (χ4n) is 3.71. The van der Waals surface area contributed by atoms with Crippen LogP contribution in [-0.2, 0) is 9.59 Å². The van der Waals surface area contributed by atoms with E-state index >= 15 is 0 Å². The van der Waals surface area contributed by atoms with Gasteiger partial charge >= 0.3 is 29.6 Å². The third-order valence-corrected chi connectivity index (χ3v) is 4.93. The number of β-lactam (4-membered cyclic amide) rings is 1. The average Bonchev–Trinajstić information content (AvgIpc) is 2.94. The van der Waals surface area contributed by atoms with Crippen molar-refractivity contribution in [1.82, 2.24) is 10.2 Å². The molecule has 1 saturated heterocycles. The van der Waals surface area contributed by atoms with E-state index in [1.54, 1.807) is 24.3 Å². The second-order valence-electron chi connectivity index (χ2n) is 6.70. The molecule has 1 aromatic carbocycles.